The Morgan fingerprint density at radius 2 is 1.75 bits per heavy atom. The van der Waals surface area contributed by atoms with Crippen molar-refractivity contribution in [2.45, 2.75) is 39.2 Å². The van der Waals surface area contributed by atoms with Crippen LogP contribution in [0.1, 0.15) is 33.1 Å². The first-order chi connectivity index (χ1) is 7.59. The van der Waals surface area contributed by atoms with Gasteiger partial charge in [-0.1, -0.05) is 0 Å². The summed E-state index contributed by atoms with van der Waals surface area (Å²) in [7, 11) is 0. The van der Waals surface area contributed by atoms with Crippen molar-refractivity contribution in [2.75, 3.05) is 13.1 Å². The van der Waals surface area contributed by atoms with Gasteiger partial charge in [0.1, 0.15) is 0 Å². The number of amides is 1. The Bertz CT molecular complexity index is 278. The van der Waals surface area contributed by atoms with Crippen LogP contribution in [-0.4, -0.2) is 36.0 Å². The van der Waals surface area contributed by atoms with Gasteiger partial charge in [0.15, 0.2) is 0 Å². The van der Waals surface area contributed by atoms with Gasteiger partial charge >= 0.3 is 5.97 Å². The molecular formula is C12H19NO3. The maximum Gasteiger partial charge on any atom is 0.331 e. The van der Waals surface area contributed by atoms with Gasteiger partial charge < -0.3 is 9.64 Å². The fraction of sp³-hybridized carbons (Fsp3) is 0.667. The lowest BCUT2D eigenvalue weighted by Gasteiger charge is -2.25. The van der Waals surface area contributed by atoms with Crippen molar-refractivity contribution in [3.8, 4) is 0 Å². The summed E-state index contributed by atoms with van der Waals surface area (Å²) in [5.41, 5.74) is 0. The molecular weight excluding hydrogens is 206 g/mol. The molecule has 1 heterocycles. The van der Waals surface area contributed by atoms with Crippen LogP contribution in [0.25, 0.3) is 0 Å². The van der Waals surface area contributed by atoms with Gasteiger partial charge in [0.2, 0.25) is 5.91 Å². The number of hydrogen-bond donors (Lipinski definition) is 0. The lowest BCUT2D eigenvalue weighted by Crippen LogP contribution is -2.34. The van der Waals surface area contributed by atoms with Crippen molar-refractivity contribution in [3.05, 3.63) is 12.2 Å². The molecule has 0 aromatic heterocycles. The second-order valence-corrected chi connectivity index (χ2v) is 4.20. The van der Waals surface area contributed by atoms with Crippen molar-refractivity contribution in [3.63, 3.8) is 0 Å². The zero-order valence-corrected chi connectivity index (χ0v) is 9.94. The van der Waals surface area contributed by atoms with Crippen LogP contribution in [0.2, 0.25) is 0 Å². The van der Waals surface area contributed by atoms with Crippen LogP contribution in [0.4, 0.5) is 0 Å². The maximum absolute atomic E-state index is 11.6. The smallest absolute Gasteiger partial charge is 0.331 e. The van der Waals surface area contributed by atoms with Gasteiger partial charge in [0.25, 0.3) is 0 Å². The third-order valence-electron chi connectivity index (χ3n) is 2.38. The molecule has 16 heavy (non-hydrogen) atoms. The third-order valence-corrected chi connectivity index (χ3v) is 2.38. The van der Waals surface area contributed by atoms with Crippen molar-refractivity contribution in [1.82, 2.24) is 4.90 Å². The Hall–Kier alpha value is -1.32. The number of ether oxygens (including phenoxy) is 1. The van der Waals surface area contributed by atoms with E-state index in [1.165, 1.54) is 18.6 Å². The van der Waals surface area contributed by atoms with E-state index in [4.69, 9.17) is 4.74 Å². The number of hydrogen-bond acceptors (Lipinski definition) is 3. The minimum Gasteiger partial charge on any atom is -0.460 e. The first kappa shape index (κ1) is 12.7. The number of piperidine rings is 1. The van der Waals surface area contributed by atoms with E-state index in [-0.39, 0.29) is 12.0 Å². The number of carbonyl (C=O) groups is 2. The highest BCUT2D eigenvalue weighted by molar-refractivity contribution is 5.94. The van der Waals surface area contributed by atoms with Crippen LogP contribution < -0.4 is 0 Å². The third kappa shape index (κ3) is 4.47. The zero-order valence-electron chi connectivity index (χ0n) is 9.94. The molecule has 0 aromatic rings. The minimum absolute atomic E-state index is 0.0968. The molecule has 0 spiro atoms. The van der Waals surface area contributed by atoms with Crippen LogP contribution in [0.3, 0.4) is 0 Å². The summed E-state index contributed by atoms with van der Waals surface area (Å²) in [4.78, 5) is 24.5. The number of rotatable bonds is 3. The first-order valence-electron chi connectivity index (χ1n) is 5.77. The Balaban J connectivity index is 2.37. The summed E-state index contributed by atoms with van der Waals surface area (Å²) in [6.45, 7) is 5.14. The van der Waals surface area contributed by atoms with E-state index in [0.717, 1.165) is 25.9 Å². The minimum atomic E-state index is -0.458. The summed E-state index contributed by atoms with van der Waals surface area (Å²) in [6.07, 6.45) is 5.64. The molecule has 1 rings (SSSR count). The van der Waals surface area contributed by atoms with Crippen molar-refractivity contribution < 1.29 is 14.3 Å². The average molecular weight is 225 g/mol. The van der Waals surface area contributed by atoms with Gasteiger partial charge in [-0.05, 0) is 33.1 Å². The molecule has 1 amide bonds. The van der Waals surface area contributed by atoms with E-state index in [1.807, 2.05) is 0 Å². The van der Waals surface area contributed by atoms with Crippen LogP contribution in [-0.2, 0) is 14.3 Å². The van der Waals surface area contributed by atoms with E-state index in [1.54, 1.807) is 18.7 Å². The van der Waals surface area contributed by atoms with Crippen LogP contribution in [0.15, 0.2) is 12.2 Å². The number of carbonyl (C=O) groups excluding carboxylic acids is 2. The fourth-order valence-electron chi connectivity index (χ4n) is 1.63. The molecule has 0 unspecified atom stereocenters. The SMILES string of the molecule is CC(C)OC(=O)C=CC(=O)N1CCCCC1. The van der Waals surface area contributed by atoms with Crippen LogP contribution in [0, 0.1) is 0 Å². The highest BCUT2D eigenvalue weighted by Gasteiger charge is 2.14. The average Bonchev–Trinajstić information content (AvgIpc) is 2.26. The normalized spacial score (nSPS) is 16.8. The van der Waals surface area contributed by atoms with E-state index in [9.17, 15) is 9.59 Å². The summed E-state index contributed by atoms with van der Waals surface area (Å²) in [5.74, 6) is -0.555. The molecule has 0 saturated carbocycles. The fourth-order valence-corrected chi connectivity index (χ4v) is 1.63. The molecule has 0 N–H and O–H groups in total. The Morgan fingerprint density at radius 1 is 1.12 bits per heavy atom. The molecule has 0 radical (unpaired) electrons. The second-order valence-electron chi connectivity index (χ2n) is 4.20. The van der Waals surface area contributed by atoms with E-state index < -0.39 is 5.97 Å². The van der Waals surface area contributed by atoms with E-state index in [2.05, 4.69) is 0 Å². The standard InChI is InChI=1S/C12H19NO3/c1-10(2)16-12(15)7-6-11(14)13-8-4-3-5-9-13/h6-7,10H,3-5,8-9H2,1-2H3. The Morgan fingerprint density at radius 3 is 2.31 bits per heavy atom. The molecule has 1 aliphatic heterocycles. The van der Waals surface area contributed by atoms with Crippen LogP contribution in [0.5, 0.6) is 0 Å². The molecule has 1 saturated heterocycles. The van der Waals surface area contributed by atoms with Gasteiger partial charge in [0.05, 0.1) is 6.10 Å². The van der Waals surface area contributed by atoms with Crippen LogP contribution >= 0.6 is 0 Å². The highest BCUT2D eigenvalue weighted by Crippen LogP contribution is 2.08. The Labute approximate surface area is 96.3 Å². The lowest BCUT2D eigenvalue weighted by atomic mass is 10.1. The molecule has 0 aliphatic carbocycles. The zero-order chi connectivity index (χ0) is 12.0. The molecule has 0 atom stereocenters. The maximum atomic E-state index is 11.6. The molecule has 90 valence electrons. The van der Waals surface area contributed by atoms with E-state index in [0.29, 0.717) is 0 Å². The molecule has 1 fully saturated rings. The molecule has 0 bridgehead atoms. The van der Waals surface area contributed by atoms with Crippen molar-refractivity contribution >= 4 is 11.9 Å². The largest absolute Gasteiger partial charge is 0.460 e. The molecule has 1 aliphatic rings. The summed E-state index contributed by atoms with van der Waals surface area (Å²) in [6, 6.07) is 0. The van der Waals surface area contributed by atoms with E-state index >= 15 is 0 Å². The topological polar surface area (TPSA) is 46.6 Å². The summed E-state index contributed by atoms with van der Waals surface area (Å²) >= 11 is 0. The predicted octanol–water partition coefficient (Wildman–Crippen LogP) is 1.51. The number of nitrogens with zero attached hydrogens (tertiary/aromatic N) is 1. The lowest BCUT2D eigenvalue weighted by molar-refractivity contribution is -0.141. The predicted molar refractivity (Wildman–Crippen MR) is 60.8 cm³/mol. The summed E-state index contributed by atoms with van der Waals surface area (Å²) < 4.78 is 4.89. The number of likely N-dealkylation sites (tertiary alicyclic amines) is 1. The summed E-state index contributed by atoms with van der Waals surface area (Å²) in [5, 5.41) is 0. The van der Waals surface area contributed by atoms with Crippen molar-refractivity contribution in [2.24, 2.45) is 0 Å². The quantitative estimate of drug-likeness (QED) is 0.540. The Kier molecular flexibility index (Phi) is 5.02. The first-order valence-corrected chi connectivity index (χ1v) is 5.77. The van der Waals surface area contributed by atoms with Gasteiger partial charge in [-0.25, -0.2) is 4.79 Å². The second kappa shape index (κ2) is 6.30. The number of esters is 1. The highest BCUT2D eigenvalue weighted by atomic mass is 16.5. The van der Waals surface area contributed by atoms with Gasteiger partial charge in [-0.15, -0.1) is 0 Å². The van der Waals surface area contributed by atoms with Gasteiger partial charge in [-0.2, -0.15) is 0 Å². The molecule has 4 nitrogen and oxygen atoms in total. The molecule has 4 heteroatoms. The van der Waals surface area contributed by atoms with Crippen molar-refractivity contribution in [1.29, 1.82) is 0 Å². The van der Waals surface area contributed by atoms with Gasteiger partial charge in [-0.3, -0.25) is 4.79 Å². The van der Waals surface area contributed by atoms with Gasteiger partial charge in [0, 0.05) is 25.2 Å². The monoisotopic (exact) mass is 225 g/mol. The molecule has 0 aromatic carbocycles.